The lowest BCUT2D eigenvalue weighted by Crippen LogP contribution is -2.01. The first-order chi connectivity index (χ1) is 4.31. The van der Waals surface area contributed by atoms with E-state index in [-0.39, 0.29) is 0 Å². The summed E-state index contributed by atoms with van der Waals surface area (Å²) in [5.74, 6) is 0. The number of nitrogens with zero attached hydrogens (tertiary/aromatic N) is 1. The Morgan fingerprint density at radius 1 is 1.67 bits per heavy atom. The van der Waals surface area contributed by atoms with Gasteiger partial charge < -0.3 is 4.74 Å². The van der Waals surface area contributed by atoms with Crippen molar-refractivity contribution >= 4 is 6.40 Å². The predicted octanol–water partition coefficient (Wildman–Crippen LogP) is 1.85. The van der Waals surface area contributed by atoms with Gasteiger partial charge in [0, 0.05) is 0 Å². The summed E-state index contributed by atoms with van der Waals surface area (Å²) in [6.45, 7) is 7.08. The molecule has 0 N–H and O–H groups in total. The molecule has 0 amide bonds. The second-order valence-electron chi connectivity index (χ2n) is 2.12. The van der Waals surface area contributed by atoms with Gasteiger partial charge in [0.15, 0.2) is 6.40 Å². The summed E-state index contributed by atoms with van der Waals surface area (Å²) < 4.78 is 4.86. The van der Waals surface area contributed by atoms with Crippen molar-refractivity contribution in [1.82, 2.24) is 0 Å². The molecule has 0 spiro atoms. The van der Waals surface area contributed by atoms with Crippen LogP contribution in [0.15, 0.2) is 4.99 Å². The molecule has 1 aliphatic rings. The standard InChI is InChI=1S/C4H7NO.C3H8/c1-4-2-5-3-6-4;1-3-2/h3-4H,2H2,1H3;3H2,1-2H3. The normalized spacial score (nSPS) is 22.3. The van der Waals surface area contributed by atoms with Crippen molar-refractivity contribution in [3.8, 4) is 0 Å². The van der Waals surface area contributed by atoms with E-state index in [1.54, 1.807) is 0 Å². The molecule has 0 radical (unpaired) electrons. The van der Waals surface area contributed by atoms with Gasteiger partial charge in [-0.2, -0.15) is 0 Å². The lowest BCUT2D eigenvalue weighted by Gasteiger charge is -1.94. The maximum Gasteiger partial charge on any atom is 0.170 e. The smallest absolute Gasteiger partial charge is 0.170 e. The molecule has 0 aliphatic carbocycles. The molecule has 2 nitrogen and oxygen atoms in total. The molecule has 1 atom stereocenters. The van der Waals surface area contributed by atoms with Crippen LogP contribution in [0.2, 0.25) is 0 Å². The molecule has 54 valence electrons. The van der Waals surface area contributed by atoms with Crippen LogP contribution in [0.5, 0.6) is 0 Å². The number of hydrogen-bond acceptors (Lipinski definition) is 2. The van der Waals surface area contributed by atoms with Gasteiger partial charge in [-0.25, -0.2) is 0 Å². The highest BCUT2D eigenvalue weighted by atomic mass is 16.5. The van der Waals surface area contributed by atoms with Crippen molar-refractivity contribution in [2.45, 2.75) is 33.3 Å². The Bertz CT molecular complexity index is 73.0. The molecule has 1 aliphatic heterocycles. The van der Waals surface area contributed by atoms with Crippen molar-refractivity contribution in [3.05, 3.63) is 0 Å². The third kappa shape index (κ3) is 5.34. The second kappa shape index (κ2) is 5.60. The summed E-state index contributed by atoms with van der Waals surface area (Å²) >= 11 is 0. The molecule has 0 bridgehead atoms. The van der Waals surface area contributed by atoms with E-state index in [0.29, 0.717) is 6.10 Å². The SMILES string of the molecule is CC1CN=CO1.CCC. The number of hydrogen-bond donors (Lipinski definition) is 0. The van der Waals surface area contributed by atoms with Gasteiger partial charge in [-0.3, -0.25) is 4.99 Å². The van der Waals surface area contributed by atoms with E-state index in [4.69, 9.17) is 4.74 Å². The zero-order chi connectivity index (χ0) is 7.11. The number of ether oxygens (including phenoxy) is 1. The number of aliphatic imine (C=N–C) groups is 1. The first kappa shape index (κ1) is 8.47. The highest BCUT2D eigenvalue weighted by Gasteiger charge is 2.01. The molecular weight excluding hydrogens is 114 g/mol. The summed E-state index contributed by atoms with van der Waals surface area (Å²) in [6.07, 6.45) is 3.08. The van der Waals surface area contributed by atoms with Crippen LogP contribution in [0.3, 0.4) is 0 Å². The largest absolute Gasteiger partial charge is 0.479 e. The maximum absolute atomic E-state index is 4.86. The zero-order valence-electron chi connectivity index (χ0n) is 6.42. The van der Waals surface area contributed by atoms with Crippen molar-refractivity contribution in [2.24, 2.45) is 4.99 Å². The molecule has 1 heterocycles. The van der Waals surface area contributed by atoms with Gasteiger partial charge in [-0.1, -0.05) is 20.3 Å². The molecule has 1 rings (SSSR count). The molecule has 0 saturated heterocycles. The fraction of sp³-hybridized carbons (Fsp3) is 0.857. The van der Waals surface area contributed by atoms with E-state index in [9.17, 15) is 0 Å². The van der Waals surface area contributed by atoms with Crippen molar-refractivity contribution in [3.63, 3.8) is 0 Å². The molecule has 0 fully saturated rings. The Kier molecular flexibility index (Phi) is 5.27. The summed E-state index contributed by atoms with van der Waals surface area (Å²) in [5, 5.41) is 0. The van der Waals surface area contributed by atoms with E-state index in [1.807, 2.05) is 6.92 Å². The summed E-state index contributed by atoms with van der Waals surface area (Å²) in [6, 6.07) is 0. The minimum absolute atomic E-state index is 0.324. The zero-order valence-corrected chi connectivity index (χ0v) is 6.42. The third-order valence-electron chi connectivity index (χ3n) is 0.730. The summed E-state index contributed by atoms with van der Waals surface area (Å²) in [5.41, 5.74) is 0. The van der Waals surface area contributed by atoms with Crippen LogP contribution >= 0.6 is 0 Å². The Morgan fingerprint density at radius 3 is 2.33 bits per heavy atom. The fourth-order valence-corrected chi connectivity index (χ4v) is 0.381. The third-order valence-corrected chi connectivity index (χ3v) is 0.730. The van der Waals surface area contributed by atoms with E-state index in [2.05, 4.69) is 18.8 Å². The van der Waals surface area contributed by atoms with E-state index >= 15 is 0 Å². The first-order valence-corrected chi connectivity index (χ1v) is 3.45. The average Bonchev–Trinajstić information content (AvgIpc) is 2.20. The molecule has 0 saturated carbocycles. The van der Waals surface area contributed by atoms with Crippen molar-refractivity contribution in [1.29, 1.82) is 0 Å². The Morgan fingerprint density at radius 2 is 2.22 bits per heavy atom. The fourth-order valence-electron chi connectivity index (χ4n) is 0.381. The van der Waals surface area contributed by atoms with Gasteiger partial charge in [-0.15, -0.1) is 0 Å². The Hall–Kier alpha value is -0.530. The quantitative estimate of drug-likeness (QED) is 0.489. The highest BCUT2D eigenvalue weighted by Crippen LogP contribution is 1.93. The van der Waals surface area contributed by atoms with Crippen LogP contribution in [0.1, 0.15) is 27.2 Å². The lowest BCUT2D eigenvalue weighted by atomic mass is 10.4. The van der Waals surface area contributed by atoms with Gasteiger partial charge in [0.05, 0.1) is 6.54 Å². The van der Waals surface area contributed by atoms with E-state index in [1.165, 1.54) is 12.8 Å². The highest BCUT2D eigenvalue weighted by molar-refractivity contribution is 5.48. The first-order valence-electron chi connectivity index (χ1n) is 3.45. The minimum atomic E-state index is 0.324. The number of rotatable bonds is 0. The molecule has 0 aromatic rings. The van der Waals surface area contributed by atoms with E-state index in [0.717, 1.165) is 6.54 Å². The molecular formula is C7H15NO. The van der Waals surface area contributed by atoms with Crippen LogP contribution in [0.4, 0.5) is 0 Å². The molecule has 2 heteroatoms. The van der Waals surface area contributed by atoms with E-state index < -0.39 is 0 Å². The van der Waals surface area contributed by atoms with Crippen LogP contribution < -0.4 is 0 Å². The minimum Gasteiger partial charge on any atom is -0.479 e. The lowest BCUT2D eigenvalue weighted by molar-refractivity contribution is 0.256. The average molecular weight is 129 g/mol. The molecule has 1 unspecified atom stereocenters. The van der Waals surface area contributed by atoms with Crippen LogP contribution in [0.25, 0.3) is 0 Å². The topological polar surface area (TPSA) is 21.6 Å². The summed E-state index contributed by atoms with van der Waals surface area (Å²) in [4.78, 5) is 3.82. The van der Waals surface area contributed by atoms with Gasteiger partial charge in [0.1, 0.15) is 6.10 Å². The molecule has 0 aromatic carbocycles. The Balaban J connectivity index is 0.000000187. The monoisotopic (exact) mass is 129 g/mol. The maximum atomic E-state index is 4.86. The summed E-state index contributed by atoms with van der Waals surface area (Å²) in [7, 11) is 0. The molecule has 0 aromatic heterocycles. The predicted molar refractivity (Wildman–Crippen MR) is 39.9 cm³/mol. The second-order valence-corrected chi connectivity index (χ2v) is 2.12. The Labute approximate surface area is 56.9 Å². The van der Waals surface area contributed by atoms with Crippen LogP contribution in [-0.2, 0) is 4.74 Å². The molecule has 9 heavy (non-hydrogen) atoms. The van der Waals surface area contributed by atoms with Gasteiger partial charge in [0.2, 0.25) is 0 Å². The van der Waals surface area contributed by atoms with Gasteiger partial charge in [-0.05, 0) is 6.92 Å². The van der Waals surface area contributed by atoms with Gasteiger partial charge >= 0.3 is 0 Å². The van der Waals surface area contributed by atoms with Crippen molar-refractivity contribution < 1.29 is 4.74 Å². The van der Waals surface area contributed by atoms with Crippen LogP contribution in [0, 0.1) is 0 Å². The van der Waals surface area contributed by atoms with Gasteiger partial charge in [0.25, 0.3) is 0 Å². The van der Waals surface area contributed by atoms with Crippen molar-refractivity contribution in [2.75, 3.05) is 6.54 Å². The van der Waals surface area contributed by atoms with Crippen LogP contribution in [-0.4, -0.2) is 19.0 Å².